The van der Waals surface area contributed by atoms with E-state index < -0.39 is 15.8 Å². The number of hydrogen-bond acceptors (Lipinski definition) is 3. The fraction of sp³-hybridized carbons (Fsp3) is 0.571. The van der Waals surface area contributed by atoms with E-state index in [1.165, 1.54) is 16.4 Å². The van der Waals surface area contributed by atoms with E-state index in [4.69, 9.17) is 0 Å². The first-order valence-corrected chi connectivity index (χ1v) is 8.43. The van der Waals surface area contributed by atoms with Crippen molar-refractivity contribution in [3.8, 4) is 0 Å². The highest BCUT2D eigenvalue weighted by Crippen LogP contribution is 2.26. The molecular formula is C14H20ClFN2O2S. The standard InChI is InChI=1S/C14H19FN2O2S.ClH/c1-10-2-3-11(15)8-14(10)20(18,19)17-7-6-12-4-5-13(9-17)16-12;/h2-3,8,12-13,16H,4-7,9H2,1H3;1H. The van der Waals surface area contributed by atoms with Gasteiger partial charge in [-0.3, -0.25) is 0 Å². The van der Waals surface area contributed by atoms with Crippen molar-refractivity contribution in [2.24, 2.45) is 0 Å². The lowest BCUT2D eigenvalue weighted by molar-refractivity contribution is 0.383. The van der Waals surface area contributed by atoms with Crippen LogP contribution < -0.4 is 5.32 Å². The van der Waals surface area contributed by atoms with Gasteiger partial charge < -0.3 is 5.32 Å². The van der Waals surface area contributed by atoms with Crippen molar-refractivity contribution < 1.29 is 12.8 Å². The van der Waals surface area contributed by atoms with Crippen LogP contribution in [-0.2, 0) is 10.0 Å². The summed E-state index contributed by atoms with van der Waals surface area (Å²) in [5.74, 6) is -0.511. The number of sulfonamides is 1. The van der Waals surface area contributed by atoms with Gasteiger partial charge in [0.2, 0.25) is 10.0 Å². The zero-order chi connectivity index (χ0) is 14.3. The van der Waals surface area contributed by atoms with Gasteiger partial charge in [-0.05, 0) is 43.9 Å². The summed E-state index contributed by atoms with van der Waals surface area (Å²) in [5, 5.41) is 3.45. The molecule has 0 spiro atoms. The Morgan fingerprint density at radius 2 is 1.95 bits per heavy atom. The summed E-state index contributed by atoms with van der Waals surface area (Å²) in [4.78, 5) is 0.0928. The second-order valence-electron chi connectivity index (χ2n) is 5.70. The molecule has 0 saturated carbocycles. The maximum absolute atomic E-state index is 13.4. The molecule has 0 radical (unpaired) electrons. The Morgan fingerprint density at radius 1 is 1.24 bits per heavy atom. The Balaban J connectivity index is 0.00000161. The topological polar surface area (TPSA) is 49.4 Å². The summed E-state index contributed by atoms with van der Waals surface area (Å²) < 4.78 is 40.3. The minimum Gasteiger partial charge on any atom is -0.310 e. The van der Waals surface area contributed by atoms with Crippen molar-refractivity contribution in [3.63, 3.8) is 0 Å². The van der Waals surface area contributed by atoms with Gasteiger partial charge in [-0.1, -0.05) is 6.07 Å². The van der Waals surface area contributed by atoms with Crippen LogP contribution in [0.3, 0.4) is 0 Å². The maximum Gasteiger partial charge on any atom is 0.243 e. The van der Waals surface area contributed by atoms with Gasteiger partial charge in [-0.25, -0.2) is 12.8 Å². The molecule has 21 heavy (non-hydrogen) atoms. The van der Waals surface area contributed by atoms with E-state index in [0.29, 0.717) is 24.7 Å². The van der Waals surface area contributed by atoms with E-state index in [9.17, 15) is 12.8 Å². The zero-order valence-corrected chi connectivity index (χ0v) is 13.5. The molecule has 1 aromatic carbocycles. The lowest BCUT2D eigenvalue weighted by Crippen LogP contribution is -2.39. The van der Waals surface area contributed by atoms with E-state index >= 15 is 0 Å². The van der Waals surface area contributed by atoms with Gasteiger partial charge in [0, 0.05) is 25.2 Å². The quantitative estimate of drug-likeness (QED) is 0.900. The van der Waals surface area contributed by atoms with Gasteiger partial charge in [0.05, 0.1) is 4.90 Å². The van der Waals surface area contributed by atoms with Gasteiger partial charge in [-0.15, -0.1) is 12.4 Å². The number of benzene rings is 1. The van der Waals surface area contributed by atoms with Crippen LogP contribution in [0, 0.1) is 12.7 Å². The summed E-state index contributed by atoms with van der Waals surface area (Å²) in [6.45, 7) is 2.69. The van der Waals surface area contributed by atoms with Crippen LogP contribution in [0.15, 0.2) is 23.1 Å². The molecule has 2 aliphatic rings. The molecular weight excluding hydrogens is 315 g/mol. The Labute approximate surface area is 131 Å². The summed E-state index contributed by atoms with van der Waals surface area (Å²) >= 11 is 0. The van der Waals surface area contributed by atoms with Crippen LogP contribution in [0.4, 0.5) is 4.39 Å². The van der Waals surface area contributed by atoms with Gasteiger partial charge in [0.1, 0.15) is 5.82 Å². The molecule has 2 bridgehead atoms. The second-order valence-corrected chi connectivity index (χ2v) is 7.61. The van der Waals surface area contributed by atoms with E-state index in [0.717, 1.165) is 25.3 Å². The fourth-order valence-corrected chi connectivity index (χ4v) is 4.86. The second kappa shape index (κ2) is 6.20. The molecule has 1 N–H and O–H groups in total. The summed E-state index contributed by atoms with van der Waals surface area (Å²) in [7, 11) is -3.61. The van der Waals surface area contributed by atoms with Gasteiger partial charge in [0.15, 0.2) is 0 Å². The highest BCUT2D eigenvalue weighted by Gasteiger charge is 2.35. The minimum absolute atomic E-state index is 0. The molecule has 1 aromatic rings. The molecule has 2 aliphatic heterocycles. The Hall–Kier alpha value is -0.690. The monoisotopic (exact) mass is 334 g/mol. The van der Waals surface area contributed by atoms with E-state index in [1.54, 1.807) is 6.92 Å². The van der Waals surface area contributed by atoms with Crippen LogP contribution >= 0.6 is 12.4 Å². The third-order valence-corrected chi connectivity index (χ3v) is 6.26. The molecule has 2 unspecified atom stereocenters. The number of halogens is 2. The van der Waals surface area contributed by atoms with Crippen molar-refractivity contribution >= 4 is 22.4 Å². The Bertz CT molecular complexity index is 623. The van der Waals surface area contributed by atoms with Gasteiger partial charge in [-0.2, -0.15) is 4.31 Å². The zero-order valence-electron chi connectivity index (χ0n) is 11.9. The van der Waals surface area contributed by atoms with E-state index in [2.05, 4.69) is 5.32 Å². The molecule has 2 atom stereocenters. The lowest BCUT2D eigenvalue weighted by atomic mass is 10.1. The molecule has 2 saturated heterocycles. The number of aryl methyl sites for hydroxylation is 1. The molecule has 0 aromatic heterocycles. The van der Waals surface area contributed by atoms with Crippen LogP contribution in [0.1, 0.15) is 24.8 Å². The Morgan fingerprint density at radius 3 is 2.71 bits per heavy atom. The van der Waals surface area contributed by atoms with Crippen molar-refractivity contribution in [2.45, 2.75) is 43.2 Å². The average molecular weight is 335 g/mol. The first-order chi connectivity index (χ1) is 9.46. The van der Waals surface area contributed by atoms with E-state index in [1.807, 2.05) is 0 Å². The van der Waals surface area contributed by atoms with E-state index in [-0.39, 0.29) is 23.3 Å². The predicted octanol–water partition coefficient (Wildman–Crippen LogP) is 2.07. The van der Waals surface area contributed by atoms with Crippen molar-refractivity contribution in [2.75, 3.05) is 13.1 Å². The summed E-state index contributed by atoms with van der Waals surface area (Å²) in [6.07, 6.45) is 2.96. The molecule has 0 amide bonds. The first kappa shape index (κ1) is 16.7. The molecule has 118 valence electrons. The van der Waals surface area contributed by atoms with Crippen molar-refractivity contribution in [3.05, 3.63) is 29.6 Å². The summed E-state index contributed by atoms with van der Waals surface area (Å²) in [6, 6.07) is 4.59. The number of hydrogen-bond donors (Lipinski definition) is 1. The molecule has 2 fully saturated rings. The van der Waals surface area contributed by atoms with Crippen LogP contribution in [-0.4, -0.2) is 37.9 Å². The fourth-order valence-electron chi connectivity index (χ4n) is 3.12. The number of fused-ring (bicyclic) bond motifs is 2. The molecule has 4 nitrogen and oxygen atoms in total. The molecule has 3 rings (SSSR count). The van der Waals surface area contributed by atoms with Crippen molar-refractivity contribution in [1.29, 1.82) is 0 Å². The first-order valence-electron chi connectivity index (χ1n) is 6.99. The van der Waals surface area contributed by atoms with Gasteiger partial charge >= 0.3 is 0 Å². The largest absolute Gasteiger partial charge is 0.310 e. The highest BCUT2D eigenvalue weighted by atomic mass is 35.5. The molecule has 0 aliphatic carbocycles. The van der Waals surface area contributed by atoms with Gasteiger partial charge in [0.25, 0.3) is 0 Å². The third-order valence-electron chi connectivity index (χ3n) is 4.25. The van der Waals surface area contributed by atoms with Crippen LogP contribution in [0.2, 0.25) is 0 Å². The van der Waals surface area contributed by atoms with Crippen molar-refractivity contribution in [1.82, 2.24) is 9.62 Å². The predicted molar refractivity (Wildman–Crippen MR) is 81.7 cm³/mol. The Kier molecular flexibility index (Phi) is 4.92. The smallest absolute Gasteiger partial charge is 0.243 e. The average Bonchev–Trinajstić information content (AvgIpc) is 2.71. The minimum atomic E-state index is -3.61. The highest BCUT2D eigenvalue weighted by molar-refractivity contribution is 7.89. The van der Waals surface area contributed by atoms with Crippen LogP contribution in [0.25, 0.3) is 0 Å². The lowest BCUT2D eigenvalue weighted by Gasteiger charge is -2.24. The molecule has 2 heterocycles. The number of rotatable bonds is 2. The normalized spacial score (nSPS) is 26.2. The molecule has 7 heteroatoms. The number of nitrogens with one attached hydrogen (secondary N) is 1. The van der Waals surface area contributed by atoms with Crippen LogP contribution in [0.5, 0.6) is 0 Å². The SMILES string of the molecule is Cc1ccc(F)cc1S(=O)(=O)N1CCC2CCC(C1)N2.Cl. The third kappa shape index (κ3) is 3.23. The number of nitrogens with zero attached hydrogens (tertiary/aromatic N) is 1. The summed E-state index contributed by atoms with van der Waals surface area (Å²) in [5.41, 5.74) is 0.591. The maximum atomic E-state index is 13.4.